The highest BCUT2D eigenvalue weighted by Crippen LogP contribution is 2.16. The van der Waals surface area contributed by atoms with Gasteiger partial charge in [0.1, 0.15) is 24.1 Å². The Morgan fingerprint density at radius 2 is 2.05 bits per heavy atom. The lowest BCUT2D eigenvalue weighted by atomic mass is 10.2. The Kier molecular flexibility index (Phi) is 4.19. The fraction of sp³-hybridized carbons (Fsp3) is 0.333. The van der Waals surface area contributed by atoms with Crippen molar-refractivity contribution >= 4 is 35.1 Å². The lowest BCUT2D eigenvalue weighted by molar-refractivity contribution is -0.135. The molecular formula is C12H13ClN4O3. The number of halogens is 1. The molecule has 0 spiro atoms. The summed E-state index contributed by atoms with van der Waals surface area (Å²) >= 11 is 5.86. The molecule has 1 aliphatic heterocycles. The molecule has 106 valence electrons. The van der Waals surface area contributed by atoms with E-state index in [0.717, 1.165) is 0 Å². The number of anilines is 1. The molecule has 0 aromatic carbocycles. The van der Waals surface area contributed by atoms with Crippen molar-refractivity contribution in [3.8, 4) is 0 Å². The number of nitrogens with zero attached hydrogens (tertiary/aromatic N) is 2. The second kappa shape index (κ2) is 5.87. The first kappa shape index (κ1) is 14.3. The summed E-state index contributed by atoms with van der Waals surface area (Å²) in [5.41, 5.74) is 0.281. The highest BCUT2D eigenvalue weighted by atomic mass is 35.5. The monoisotopic (exact) mass is 296 g/mol. The molecule has 7 nitrogen and oxygen atoms in total. The molecule has 0 aliphatic carbocycles. The summed E-state index contributed by atoms with van der Waals surface area (Å²) < 4.78 is 0. The first-order valence-electron chi connectivity index (χ1n) is 6.03. The lowest BCUT2D eigenvalue weighted by Gasteiger charge is -2.25. The van der Waals surface area contributed by atoms with Crippen LogP contribution in [0.4, 0.5) is 5.82 Å². The van der Waals surface area contributed by atoms with Crippen molar-refractivity contribution in [1.29, 1.82) is 0 Å². The zero-order chi connectivity index (χ0) is 14.7. The first-order chi connectivity index (χ1) is 9.49. The van der Waals surface area contributed by atoms with Gasteiger partial charge in [-0.3, -0.25) is 19.7 Å². The topological polar surface area (TPSA) is 91.4 Å². The average molecular weight is 297 g/mol. The number of nitrogens with one attached hydrogen (secondary N) is 2. The van der Waals surface area contributed by atoms with Crippen LogP contribution in [0.1, 0.15) is 17.3 Å². The predicted octanol–water partition coefficient (Wildman–Crippen LogP) is 0.265. The lowest BCUT2D eigenvalue weighted by Crippen LogP contribution is -2.53. The van der Waals surface area contributed by atoms with Crippen molar-refractivity contribution < 1.29 is 14.4 Å². The summed E-state index contributed by atoms with van der Waals surface area (Å²) in [6, 6.07) is 2.94. The van der Waals surface area contributed by atoms with E-state index in [1.165, 1.54) is 17.0 Å². The number of pyridine rings is 1. The van der Waals surface area contributed by atoms with Crippen LogP contribution in [0.3, 0.4) is 0 Å². The van der Waals surface area contributed by atoms with Crippen LogP contribution in [0.15, 0.2) is 12.1 Å². The maximum atomic E-state index is 12.3. The Hall–Kier alpha value is -2.15. The molecule has 0 saturated carbocycles. The van der Waals surface area contributed by atoms with Crippen LogP contribution in [0.2, 0.25) is 5.15 Å². The Labute approximate surface area is 120 Å². The zero-order valence-corrected chi connectivity index (χ0v) is 11.5. The van der Waals surface area contributed by atoms with Gasteiger partial charge in [-0.2, -0.15) is 0 Å². The van der Waals surface area contributed by atoms with Crippen molar-refractivity contribution in [2.24, 2.45) is 0 Å². The third-order valence-corrected chi connectivity index (χ3v) is 2.83. The molecule has 2 rings (SSSR count). The quantitative estimate of drug-likeness (QED) is 0.617. The highest BCUT2D eigenvalue weighted by molar-refractivity contribution is 6.30. The van der Waals surface area contributed by atoms with Crippen LogP contribution in [0.25, 0.3) is 0 Å². The molecule has 1 aromatic heterocycles. The van der Waals surface area contributed by atoms with Gasteiger partial charge in [0, 0.05) is 12.1 Å². The highest BCUT2D eigenvalue weighted by Gasteiger charge is 2.27. The maximum absolute atomic E-state index is 12.3. The van der Waals surface area contributed by atoms with Crippen molar-refractivity contribution in [3.63, 3.8) is 0 Å². The van der Waals surface area contributed by atoms with Gasteiger partial charge < -0.3 is 10.2 Å². The van der Waals surface area contributed by atoms with Crippen LogP contribution in [0, 0.1) is 0 Å². The van der Waals surface area contributed by atoms with Gasteiger partial charge in [-0.1, -0.05) is 11.6 Å². The van der Waals surface area contributed by atoms with E-state index in [1.54, 1.807) is 0 Å². The van der Waals surface area contributed by atoms with Crippen LogP contribution >= 0.6 is 11.6 Å². The third-order valence-electron chi connectivity index (χ3n) is 2.63. The SMILES string of the molecule is CCNc1cc(C(=O)N2CC(=O)NC(=O)C2)cc(Cl)n1. The van der Waals surface area contributed by atoms with E-state index in [4.69, 9.17) is 11.6 Å². The second-order valence-electron chi connectivity index (χ2n) is 4.23. The molecule has 3 amide bonds. The van der Waals surface area contributed by atoms with Gasteiger partial charge in [-0.25, -0.2) is 4.98 Å². The summed E-state index contributed by atoms with van der Waals surface area (Å²) in [6.45, 7) is 2.21. The van der Waals surface area contributed by atoms with Crippen molar-refractivity contribution in [1.82, 2.24) is 15.2 Å². The number of carbonyl (C=O) groups is 3. The second-order valence-corrected chi connectivity index (χ2v) is 4.61. The predicted molar refractivity (Wildman–Crippen MR) is 72.5 cm³/mol. The normalized spacial score (nSPS) is 15.0. The van der Waals surface area contributed by atoms with Gasteiger partial charge in [-0.15, -0.1) is 0 Å². The summed E-state index contributed by atoms with van der Waals surface area (Å²) in [6.07, 6.45) is 0. The average Bonchev–Trinajstić information content (AvgIpc) is 2.36. The van der Waals surface area contributed by atoms with Crippen LogP contribution < -0.4 is 10.6 Å². The number of amides is 3. The molecule has 8 heteroatoms. The van der Waals surface area contributed by atoms with Crippen LogP contribution in [-0.4, -0.2) is 47.2 Å². The molecule has 2 N–H and O–H groups in total. The van der Waals surface area contributed by atoms with Crippen molar-refractivity contribution in [3.05, 3.63) is 22.8 Å². The molecule has 0 atom stereocenters. The zero-order valence-electron chi connectivity index (χ0n) is 10.8. The van der Waals surface area contributed by atoms with E-state index in [1.807, 2.05) is 6.92 Å². The molecule has 20 heavy (non-hydrogen) atoms. The largest absolute Gasteiger partial charge is 0.370 e. The first-order valence-corrected chi connectivity index (χ1v) is 6.41. The number of imide groups is 1. The number of hydrogen-bond acceptors (Lipinski definition) is 5. The van der Waals surface area contributed by atoms with E-state index in [-0.39, 0.29) is 23.8 Å². The van der Waals surface area contributed by atoms with Gasteiger partial charge in [-0.05, 0) is 19.1 Å². The fourth-order valence-corrected chi connectivity index (χ4v) is 2.06. The van der Waals surface area contributed by atoms with E-state index >= 15 is 0 Å². The van der Waals surface area contributed by atoms with Gasteiger partial charge in [0.05, 0.1) is 0 Å². The molecule has 0 bridgehead atoms. The van der Waals surface area contributed by atoms with Gasteiger partial charge in [0.25, 0.3) is 5.91 Å². The van der Waals surface area contributed by atoms with Crippen molar-refractivity contribution in [2.75, 3.05) is 25.0 Å². The minimum Gasteiger partial charge on any atom is -0.370 e. The molecule has 0 radical (unpaired) electrons. The number of carbonyl (C=O) groups excluding carboxylic acids is 3. The van der Waals surface area contributed by atoms with E-state index in [2.05, 4.69) is 15.6 Å². The maximum Gasteiger partial charge on any atom is 0.255 e. The molecule has 0 unspecified atom stereocenters. The molecular weight excluding hydrogens is 284 g/mol. The van der Waals surface area contributed by atoms with Crippen molar-refractivity contribution in [2.45, 2.75) is 6.92 Å². The molecule has 1 saturated heterocycles. The molecule has 1 aliphatic rings. The number of rotatable bonds is 3. The van der Waals surface area contributed by atoms with Gasteiger partial charge in [0.15, 0.2) is 0 Å². The smallest absolute Gasteiger partial charge is 0.255 e. The van der Waals surface area contributed by atoms with Crippen LogP contribution in [-0.2, 0) is 9.59 Å². The summed E-state index contributed by atoms with van der Waals surface area (Å²) in [7, 11) is 0. The van der Waals surface area contributed by atoms with E-state index in [0.29, 0.717) is 12.4 Å². The number of piperazine rings is 1. The van der Waals surface area contributed by atoms with Gasteiger partial charge >= 0.3 is 0 Å². The molecule has 1 aromatic rings. The van der Waals surface area contributed by atoms with Gasteiger partial charge in [0.2, 0.25) is 11.8 Å². The van der Waals surface area contributed by atoms with Crippen LogP contribution in [0.5, 0.6) is 0 Å². The molecule has 1 fully saturated rings. The number of hydrogen-bond donors (Lipinski definition) is 2. The minimum absolute atomic E-state index is 0.152. The Balaban J connectivity index is 2.24. The van der Waals surface area contributed by atoms with E-state index in [9.17, 15) is 14.4 Å². The fourth-order valence-electron chi connectivity index (χ4n) is 1.86. The third kappa shape index (κ3) is 3.24. The summed E-state index contributed by atoms with van der Waals surface area (Å²) in [4.78, 5) is 40.0. The summed E-state index contributed by atoms with van der Waals surface area (Å²) in [5, 5.41) is 5.25. The molecule has 2 heterocycles. The Morgan fingerprint density at radius 3 is 2.65 bits per heavy atom. The van der Waals surface area contributed by atoms with E-state index < -0.39 is 17.7 Å². The summed E-state index contributed by atoms with van der Waals surface area (Å²) in [5.74, 6) is -0.962. The Bertz CT molecular complexity index is 560. The number of aromatic nitrogens is 1. The standard InChI is InChI=1S/C12H13ClN4O3/c1-2-14-9-4-7(3-8(13)15-9)12(20)17-5-10(18)16-11(19)6-17/h3-4H,2,5-6H2,1H3,(H,14,15)(H,16,18,19). The minimum atomic E-state index is -0.498. The Morgan fingerprint density at radius 1 is 1.40 bits per heavy atom.